The van der Waals surface area contributed by atoms with Crippen molar-refractivity contribution < 1.29 is 110 Å². The minimum atomic E-state index is -3.55. The van der Waals surface area contributed by atoms with Gasteiger partial charge < -0.3 is 0 Å². The summed E-state index contributed by atoms with van der Waals surface area (Å²) in [6, 6.07) is 0. The molecule has 6 rings (SSSR count). The van der Waals surface area contributed by atoms with E-state index in [1.807, 2.05) is 0 Å². The summed E-state index contributed by atoms with van der Waals surface area (Å²) in [6.45, 7) is 0. The maximum absolute atomic E-state index is 16.4. The largest absolute Gasteiger partial charge is 0.205 e. The van der Waals surface area contributed by atoms with Crippen molar-refractivity contribution in [1.82, 2.24) is 0 Å². The molecule has 0 nitrogen and oxygen atoms in total. The lowest BCUT2D eigenvalue weighted by atomic mass is 9.87. The van der Waals surface area contributed by atoms with Gasteiger partial charge in [0.1, 0.15) is 17.5 Å². The first-order chi connectivity index (χ1) is 28.7. The van der Waals surface area contributed by atoms with E-state index < -0.39 is 216 Å². The second-order valence-corrected chi connectivity index (χ2v) is 13.2. The molecule has 0 bridgehead atoms. The number of benzene rings is 6. The lowest BCUT2D eigenvalue weighted by molar-refractivity contribution is 0.379. The number of rotatable bonds is 5. The molecule has 0 N–H and O–H groups in total. The average molecular weight is 938 g/mol. The van der Waals surface area contributed by atoms with Crippen LogP contribution >= 0.6 is 0 Å². The normalized spacial score (nSPS) is 11.8. The SMILES string of the molecule is Fc1c(F)c(F)c(-c2c(F)c(F)c(-c3c(F)c(-c4c(F)c(F)c([SiH3])c(F)c4F)c(F)c(-c4c(F)c(F)c(-c5c(F)c(F)c(F)c(F)c5F)c(F)c4F)c3F)c(F)c2F)c(F)c1F. The topological polar surface area (TPSA) is 0 Å². The maximum atomic E-state index is 16.4. The Bertz CT molecular complexity index is 2720. The Balaban J connectivity index is 1.85. The fraction of sp³-hybridized carbons (Fsp3) is 0. The molecule has 0 atom stereocenters. The maximum Gasteiger partial charge on any atom is 0.200 e. The second kappa shape index (κ2) is 15.3. The smallest absolute Gasteiger partial charge is 0.200 e. The molecule has 0 unspecified atom stereocenters. The highest BCUT2D eigenvalue weighted by molar-refractivity contribution is 6.32. The molecule has 62 heavy (non-hydrogen) atoms. The summed E-state index contributed by atoms with van der Waals surface area (Å²) in [5, 5.41) is -1.57. The highest BCUT2D eigenvalue weighted by Gasteiger charge is 2.42. The van der Waals surface area contributed by atoms with Crippen molar-refractivity contribution in [1.29, 1.82) is 0 Å². The van der Waals surface area contributed by atoms with Gasteiger partial charge in [0, 0.05) is 15.4 Å². The first-order valence-corrected chi connectivity index (χ1v) is 16.5. The van der Waals surface area contributed by atoms with E-state index in [9.17, 15) is 52.7 Å². The molecule has 6 aromatic rings. The van der Waals surface area contributed by atoms with E-state index in [0.717, 1.165) is 0 Å². The number of hydrogen-bond acceptors (Lipinski definition) is 0. The molecule has 0 aliphatic rings. The number of halogens is 25. The third-order valence-electron chi connectivity index (χ3n) is 9.00. The molecule has 0 aliphatic carbocycles. The van der Waals surface area contributed by atoms with Crippen molar-refractivity contribution in [3.8, 4) is 55.6 Å². The van der Waals surface area contributed by atoms with Gasteiger partial charge in [0.15, 0.2) is 116 Å². The van der Waals surface area contributed by atoms with Gasteiger partial charge in [0.25, 0.3) is 0 Å². The molecule has 0 heterocycles. The Morgan fingerprint density at radius 1 is 0.129 bits per heavy atom. The van der Waals surface area contributed by atoms with Crippen LogP contribution in [0.25, 0.3) is 55.6 Å². The lowest BCUT2D eigenvalue weighted by Gasteiger charge is -2.21. The van der Waals surface area contributed by atoms with Crippen molar-refractivity contribution in [2.24, 2.45) is 0 Å². The van der Waals surface area contributed by atoms with E-state index >= 15 is 57.1 Å². The van der Waals surface area contributed by atoms with E-state index in [-0.39, 0.29) is 0 Å². The van der Waals surface area contributed by atoms with Crippen LogP contribution < -0.4 is 5.19 Å². The van der Waals surface area contributed by atoms with Crippen LogP contribution in [0.2, 0.25) is 0 Å². The van der Waals surface area contributed by atoms with Gasteiger partial charge in [-0.1, -0.05) is 0 Å². The fourth-order valence-corrected chi connectivity index (χ4v) is 6.51. The van der Waals surface area contributed by atoms with Gasteiger partial charge in [0.05, 0.1) is 55.6 Å². The first-order valence-electron chi connectivity index (χ1n) is 15.5. The van der Waals surface area contributed by atoms with E-state index in [2.05, 4.69) is 0 Å². The molecule has 26 heteroatoms. The van der Waals surface area contributed by atoms with Crippen LogP contribution in [0.3, 0.4) is 0 Å². The highest BCUT2D eigenvalue weighted by atomic mass is 28.1. The van der Waals surface area contributed by atoms with Gasteiger partial charge in [-0.2, -0.15) is 0 Å². The fourth-order valence-electron chi connectivity index (χ4n) is 6.07. The van der Waals surface area contributed by atoms with Crippen LogP contribution in [0, 0.1) is 145 Å². The van der Waals surface area contributed by atoms with Crippen molar-refractivity contribution >= 4 is 15.4 Å². The quantitative estimate of drug-likeness (QED) is 0.0699. The predicted molar refractivity (Wildman–Crippen MR) is 162 cm³/mol. The average Bonchev–Trinajstić information content (AvgIpc) is 3.23. The molecule has 0 amide bonds. The summed E-state index contributed by atoms with van der Waals surface area (Å²) < 4.78 is 375. The van der Waals surface area contributed by atoms with Gasteiger partial charge in [-0.25, -0.2) is 110 Å². The monoisotopic (exact) mass is 938 g/mol. The van der Waals surface area contributed by atoms with Crippen LogP contribution in [0.1, 0.15) is 0 Å². The Morgan fingerprint density at radius 3 is 0.387 bits per heavy atom. The van der Waals surface area contributed by atoms with Gasteiger partial charge in [0.2, 0.25) is 11.6 Å². The molecule has 0 radical (unpaired) electrons. The summed E-state index contributed by atoms with van der Waals surface area (Å²) in [5.41, 5.74) is -30.3. The molecule has 0 saturated carbocycles. The summed E-state index contributed by atoms with van der Waals surface area (Å²) in [4.78, 5) is 0. The predicted octanol–water partition coefficient (Wildman–Crippen LogP) is 11.5. The first kappa shape index (κ1) is 45.3. The highest BCUT2D eigenvalue weighted by Crippen LogP contribution is 2.50. The number of hydrogen-bond donors (Lipinski definition) is 0. The molecule has 6 aromatic carbocycles. The van der Waals surface area contributed by atoms with Gasteiger partial charge in [-0.15, -0.1) is 0 Å². The standard InChI is InChI=1S/C36H3F25Si/c37-11-1(4-14(40)18(44)7(19(45)15(4)41)9-22(48)28(54)32(58)29(55)23(9)49)12(38)3(6-26(52)34(60)36(62)35(61)27(6)53)13(39)2(11)5-16(42)20(46)8(21(47)17(5)43)10-24(50)30(56)33(59)31(57)25(10)51/h62H3. The summed E-state index contributed by atoms with van der Waals surface area (Å²) in [5.74, 6) is -80.7. The zero-order valence-corrected chi connectivity index (χ0v) is 30.4. The van der Waals surface area contributed by atoms with Crippen LogP contribution in [-0.2, 0) is 0 Å². The second-order valence-electron chi connectivity index (χ2n) is 12.2. The molecule has 0 fully saturated rings. The summed E-state index contributed by atoms with van der Waals surface area (Å²) in [7, 11) is -1.04. The molecular formula is C36H3F25Si. The Labute approximate surface area is 326 Å². The zero-order valence-electron chi connectivity index (χ0n) is 28.4. The van der Waals surface area contributed by atoms with Crippen molar-refractivity contribution in [3.05, 3.63) is 145 Å². The zero-order chi connectivity index (χ0) is 46.8. The molecule has 0 saturated heterocycles. The van der Waals surface area contributed by atoms with Crippen molar-refractivity contribution in [2.75, 3.05) is 0 Å². The van der Waals surface area contributed by atoms with E-state index in [1.165, 1.54) is 0 Å². The van der Waals surface area contributed by atoms with Crippen LogP contribution in [-0.4, -0.2) is 10.2 Å². The van der Waals surface area contributed by atoms with E-state index in [4.69, 9.17) is 0 Å². The molecule has 0 aromatic heterocycles. The molecule has 0 aliphatic heterocycles. The molecule has 0 spiro atoms. The Hall–Kier alpha value is -6.21. The Kier molecular flexibility index (Phi) is 11.2. The Morgan fingerprint density at radius 2 is 0.226 bits per heavy atom. The van der Waals surface area contributed by atoms with E-state index in [0.29, 0.717) is 0 Å². The third kappa shape index (κ3) is 6.02. The van der Waals surface area contributed by atoms with Gasteiger partial charge in [-0.05, 0) is 0 Å². The van der Waals surface area contributed by atoms with Crippen molar-refractivity contribution in [2.45, 2.75) is 0 Å². The van der Waals surface area contributed by atoms with E-state index in [1.54, 1.807) is 0 Å². The van der Waals surface area contributed by atoms with Crippen LogP contribution in [0.5, 0.6) is 0 Å². The summed E-state index contributed by atoms with van der Waals surface area (Å²) in [6.07, 6.45) is 0. The van der Waals surface area contributed by atoms with Gasteiger partial charge >= 0.3 is 0 Å². The van der Waals surface area contributed by atoms with Gasteiger partial charge in [-0.3, -0.25) is 0 Å². The van der Waals surface area contributed by atoms with Crippen molar-refractivity contribution in [3.63, 3.8) is 0 Å². The molecule has 326 valence electrons. The minimum absolute atomic E-state index is 1.04. The molecular weight excluding hydrogens is 935 g/mol. The minimum Gasteiger partial charge on any atom is -0.205 e. The summed E-state index contributed by atoms with van der Waals surface area (Å²) >= 11 is 0. The third-order valence-corrected chi connectivity index (χ3v) is 9.87. The lowest BCUT2D eigenvalue weighted by Crippen LogP contribution is -2.21. The van der Waals surface area contributed by atoms with Crippen LogP contribution in [0.4, 0.5) is 110 Å². The van der Waals surface area contributed by atoms with Crippen LogP contribution in [0.15, 0.2) is 0 Å².